The van der Waals surface area contributed by atoms with E-state index in [0.717, 1.165) is 30.0 Å². The molecule has 0 fully saturated rings. The van der Waals surface area contributed by atoms with Crippen LogP contribution < -0.4 is 15.4 Å². The van der Waals surface area contributed by atoms with E-state index in [4.69, 9.17) is 9.72 Å². The molecule has 2 aliphatic rings. The van der Waals surface area contributed by atoms with Crippen LogP contribution in [0, 0.1) is 0 Å². The van der Waals surface area contributed by atoms with Crippen LogP contribution >= 0.6 is 0 Å². The van der Waals surface area contributed by atoms with Gasteiger partial charge in [-0.25, -0.2) is 9.97 Å². The summed E-state index contributed by atoms with van der Waals surface area (Å²) in [7, 11) is 0. The Morgan fingerprint density at radius 2 is 2.12 bits per heavy atom. The molecule has 3 heterocycles. The molecule has 4 rings (SSSR count). The van der Waals surface area contributed by atoms with Gasteiger partial charge in [-0.15, -0.1) is 0 Å². The summed E-state index contributed by atoms with van der Waals surface area (Å²) < 4.78 is 5.87. The average Bonchev–Trinajstić information content (AvgIpc) is 2.62. The van der Waals surface area contributed by atoms with Gasteiger partial charge >= 0.3 is 0 Å². The molecule has 0 saturated heterocycles. The number of nitrogens with one attached hydrogen (secondary N) is 2. The number of ether oxygens (including phenoxy) is 1. The highest BCUT2D eigenvalue weighted by molar-refractivity contribution is 5.96. The number of benzene rings is 1. The highest BCUT2D eigenvalue weighted by atomic mass is 16.5. The molecule has 0 saturated carbocycles. The number of para-hydroxylation sites is 1. The maximum Gasteiger partial charge on any atom is 0.270 e. The normalized spacial score (nSPS) is 18.8. The topological polar surface area (TPSA) is 76.1 Å². The quantitative estimate of drug-likeness (QED) is 0.898. The van der Waals surface area contributed by atoms with Crippen LogP contribution in [0.4, 0.5) is 5.82 Å². The van der Waals surface area contributed by atoms with E-state index in [1.54, 1.807) is 0 Å². The van der Waals surface area contributed by atoms with Crippen molar-refractivity contribution in [1.29, 1.82) is 0 Å². The summed E-state index contributed by atoms with van der Waals surface area (Å²) >= 11 is 0. The highest BCUT2D eigenvalue weighted by Gasteiger charge is 2.27. The standard InChI is InChI=1S/C19H22N4O2/c1-11(2)17-22-16-14(7-8-20-19(16)24)18(23-17)21-13-9-12-5-3-4-6-15(12)25-10-13/h3-6,11,13H,7-10H2,1-2H3,(H,20,24)(H,21,22,23). The lowest BCUT2D eigenvalue weighted by molar-refractivity contribution is 0.0940. The van der Waals surface area contributed by atoms with E-state index in [0.29, 0.717) is 24.7 Å². The van der Waals surface area contributed by atoms with E-state index < -0.39 is 0 Å². The molecule has 0 bridgehead atoms. The van der Waals surface area contributed by atoms with Gasteiger partial charge in [0.25, 0.3) is 5.91 Å². The van der Waals surface area contributed by atoms with Crippen LogP contribution in [0.25, 0.3) is 0 Å². The molecular weight excluding hydrogens is 316 g/mol. The number of fused-ring (bicyclic) bond motifs is 2. The van der Waals surface area contributed by atoms with Gasteiger partial charge in [0.05, 0.1) is 6.04 Å². The van der Waals surface area contributed by atoms with Crippen molar-refractivity contribution in [2.75, 3.05) is 18.5 Å². The van der Waals surface area contributed by atoms with E-state index in [2.05, 4.69) is 21.7 Å². The van der Waals surface area contributed by atoms with E-state index in [-0.39, 0.29) is 17.9 Å². The van der Waals surface area contributed by atoms with Crippen LogP contribution in [0.5, 0.6) is 5.75 Å². The van der Waals surface area contributed by atoms with Gasteiger partial charge in [-0.2, -0.15) is 0 Å². The molecule has 0 spiro atoms. The molecule has 6 heteroatoms. The first-order valence-electron chi connectivity index (χ1n) is 8.78. The molecule has 1 amide bonds. The lowest BCUT2D eigenvalue weighted by Crippen LogP contribution is -2.37. The Bertz CT molecular complexity index is 819. The SMILES string of the molecule is CC(C)c1nc(NC2COc3ccccc3C2)c2c(n1)C(=O)NCC2. The number of hydrogen-bond donors (Lipinski definition) is 2. The predicted octanol–water partition coefficient (Wildman–Crippen LogP) is 2.30. The smallest absolute Gasteiger partial charge is 0.270 e. The zero-order chi connectivity index (χ0) is 17.4. The van der Waals surface area contributed by atoms with Crippen molar-refractivity contribution >= 4 is 11.7 Å². The Hall–Kier alpha value is -2.63. The zero-order valence-electron chi connectivity index (χ0n) is 14.5. The number of amides is 1. The van der Waals surface area contributed by atoms with Crippen molar-refractivity contribution in [2.24, 2.45) is 0 Å². The number of hydrogen-bond acceptors (Lipinski definition) is 5. The number of carbonyl (C=O) groups excluding carboxylic acids is 1. The van der Waals surface area contributed by atoms with Gasteiger partial charge in [0.15, 0.2) is 0 Å². The Kier molecular flexibility index (Phi) is 4.03. The van der Waals surface area contributed by atoms with Crippen LogP contribution in [-0.4, -0.2) is 35.1 Å². The number of nitrogens with zero attached hydrogens (tertiary/aromatic N) is 2. The minimum atomic E-state index is -0.112. The Morgan fingerprint density at radius 3 is 2.96 bits per heavy atom. The molecule has 0 aliphatic carbocycles. The van der Waals surface area contributed by atoms with E-state index >= 15 is 0 Å². The number of carbonyl (C=O) groups is 1. The molecule has 2 N–H and O–H groups in total. The summed E-state index contributed by atoms with van der Waals surface area (Å²) in [5, 5.41) is 6.38. The molecule has 6 nitrogen and oxygen atoms in total. The first-order chi connectivity index (χ1) is 12.1. The first-order valence-corrected chi connectivity index (χ1v) is 8.78. The summed E-state index contributed by atoms with van der Waals surface area (Å²) in [6, 6.07) is 8.23. The third-order valence-corrected chi connectivity index (χ3v) is 4.64. The predicted molar refractivity (Wildman–Crippen MR) is 95.2 cm³/mol. The molecule has 1 unspecified atom stereocenters. The summed E-state index contributed by atoms with van der Waals surface area (Å²) in [6.45, 7) is 5.27. The van der Waals surface area contributed by atoms with Gasteiger partial charge in [0.1, 0.15) is 29.7 Å². The molecule has 0 radical (unpaired) electrons. The maximum absolute atomic E-state index is 12.2. The minimum absolute atomic E-state index is 0.112. The number of aromatic nitrogens is 2. The molecule has 1 aromatic carbocycles. The van der Waals surface area contributed by atoms with Crippen LogP contribution in [0.2, 0.25) is 0 Å². The summed E-state index contributed by atoms with van der Waals surface area (Å²) in [4.78, 5) is 21.4. The molecule has 2 aromatic rings. The first kappa shape index (κ1) is 15.9. The van der Waals surface area contributed by atoms with Crippen LogP contribution in [-0.2, 0) is 12.8 Å². The fraction of sp³-hybridized carbons (Fsp3) is 0.421. The van der Waals surface area contributed by atoms with Crippen LogP contribution in [0.3, 0.4) is 0 Å². The Morgan fingerprint density at radius 1 is 1.28 bits per heavy atom. The lowest BCUT2D eigenvalue weighted by atomic mass is 10.0. The minimum Gasteiger partial charge on any atom is -0.491 e. The van der Waals surface area contributed by atoms with Gasteiger partial charge in [0.2, 0.25) is 0 Å². The zero-order valence-corrected chi connectivity index (χ0v) is 14.5. The fourth-order valence-corrected chi connectivity index (χ4v) is 3.30. The van der Waals surface area contributed by atoms with Crippen molar-refractivity contribution < 1.29 is 9.53 Å². The largest absolute Gasteiger partial charge is 0.491 e. The van der Waals surface area contributed by atoms with Crippen molar-refractivity contribution in [2.45, 2.75) is 38.6 Å². The van der Waals surface area contributed by atoms with Crippen molar-refractivity contribution in [3.8, 4) is 5.75 Å². The molecule has 1 aromatic heterocycles. The van der Waals surface area contributed by atoms with Gasteiger partial charge in [-0.1, -0.05) is 32.0 Å². The summed E-state index contributed by atoms with van der Waals surface area (Å²) in [5.74, 6) is 2.46. The molecule has 25 heavy (non-hydrogen) atoms. The highest BCUT2D eigenvalue weighted by Crippen LogP contribution is 2.28. The fourth-order valence-electron chi connectivity index (χ4n) is 3.30. The molecule has 2 aliphatic heterocycles. The van der Waals surface area contributed by atoms with E-state index in [1.165, 1.54) is 5.56 Å². The third-order valence-electron chi connectivity index (χ3n) is 4.64. The molecular formula is C19H22N4O2. The number of rotatable bonds is 3. The average molecular weight is 338 g/mol. The van der Waals surface area contributed by atoms with Crippen LogP contribution in [0.1, 0.15) is 47.2 Å². The molecule has 130 valence electrons. The third kappa shape index (κ3) is 3.04. The van der Waals surface area contributed by atoms with Crippen LogP contribution in [0.15, 0.2) is 24.3 Å². The maximum atomic E-state index is 12.2. The second kappa shape index (κ2) is 6.35. The van der Waals surface area contributed by atoms with Gasteiger partial charge in [-0.3, -0.25) is 4.79 Å². The van der Waals surface area contributed by atoms with Crippen molar-refractivity contribution in [3.63, 3.8) is 0 Å². The van der Waals surface area contributed by atoms with Gasteiger partial charge in [-0.05, 0) is 24.5 Å². The Balaban J connectivity index is 1.65. The van der Waals surface area contributed by atoms with Gasteiger partial charge in [0, 0.05) is 18.0 Å². The second-order valence-corrected chi connectivity index (χ2v) is 6.88. The molecule has 1 atom stereocenters. The summed E-state index contributed by atoms with van der Waals surface area (Å²) in [6.07, 6.45) is 1.62. The summed E-state index contributed by atoms with van der Waals surface area (Å²) in [5.41, 5.74) is 2.60. The van der Waals surface area contributed by atoms with Crippen molar-refractivity contribution in [3.05, 3.63) is 46.9 Å². The van der Waals surface area contributed by atoms with Gasteiger partial charge < -0.3 is 15.4 Å². The van der Waals surface area contributed by atoms with Crippen molar-refractivity contribution in [1.82, 2.24) is 15.3 Å². The number of anilines is 1. The van der Waals surface area contributed by atoms with E-state index in [9.17, 15) is 4.79 Å². The van der Waals surface area contributed by atoms with E-state index in [1.807, 2.05) is 32.0 Å². The monoisotopic (exact) mass is 338 g/mol. The lowest BCUT2D eigenvalue weighted by Gasteiger charge is -2.28. The Labute approximate surface area is 147 Å². The second-order valence-electron chi connectivity index (χ2n) is 6.88.